The van der Waals surface area contributed by atoms with Crippen molar-refractivity contribution >= 4 is 18.3 Å². The highest BCUT2D eigenvalue weighted by molar-refractivity contribution is 5.92. The van der Waals surface area contributed by atoms with Gasteiger partial charge in [-0.25, -0.2) is 0 Å². The average Bonchev–Trinajstić information content (AvgIpc) is 2.70. The molecule has 1 aromatic rings. The summed E-state index contributed by atoms with van der Waals surface area (Å²) >= 11 is 0. The van der Waals surface area contributed by atoms with E-state index in [-0.39, 0.29) is 24.4 Å². The number of rotatable bonds is 6. The molecule has 1 atom stereocenters. The fraction of sp³-hybridized carbons (Fsp3) is 0.636. The van der Waals surface area contributed by atoms with Crippen LogP contribution in [0.15, 0.2) is 12.3 Å². The van der Waals surface area contributed by atoms with Gasteiger partial charge in [0, 0.05) is 25.8 Å². The van der Waals surface area contributed by atoms with E-state index in [4.69, 9.17) is 5.73 Å². The molecule has 6 heteroatoms. The number of unbranched alkanes of at least 4 members (excludes halogenated alkanes) is 1. The molecule has 0 aliphatic carbocycles. The molecular weight excluding hydrogens is 240 g/mol. The van der Waals surface area contributed by atoms with Crippen molar-refractivity contribution in [1.82, 2.24) is 15.1 Å². The van der Waals surface area contributed by atoms with E-state index in [2.05, 4.69) is 17.3 Å². The molecule has 0 fully saturated rings. The summed E-state index contributed by atoms with van der Waals surface area (Å²) in [7, 11) is 1.75. The summed E-state index contributed by atoms with van der Waals surface area (Å²) in [5, 5.41) is 6.88. The summed E-state index contributed by atoms with van der Waals surface area (Å²) in [4.78, 5) is 11.8. The van der Waals surface area contributed by atoms with Gasteiger partial charge in [-0.15, -0.1) is 12.4 Å². The highest BCUT2D eigenvalue weighted by atomic mass is 35.5. The van der Waals surface area contributed by atoms with Crippen LogP contribution in [0, 0.1) is 0 Å². The van der Waals surface area contributed by atoms with E-state index < -0.39 is 0 Å². The van der Waals surface area contributed by atoms with Crippen LogP contribution >= 0.6 is 12.4 Å². The van der Waals surface area contributed by atoms with Crippen molar-refractivity contribution in [2.45, 2.75) is 32.2 Å². The van der Waals surface area contributed by atoms with Gasteiger partial charge in [-0.05, 0) is 12.5 Å². The molecule has 1 heterocycles. The van der Waals surface area contributed by atoms with E-state index in [0.29, 0.717) is 12.2 Å². The van der Waals surface area contributed by atoms with Crippen molar-refractivity contribution < 1.29 is 4.79 Å². The normalized spacial score (nSPS) is 11.7. The molecule has 1 aromatic heterocycles. The number of amides is 1. The maximum absolute atomic E-state index is 11.8. The highest BCUT2D eigenvalue weighted by Gasteiger charge is 2.14. The molecule has 1 amide bonds. The van der Waals surface area contributed by atoms with Gasteiger partial charge in [0.15, 0.2) is 0 Å². The van der Waals surface area contributed by atoms with Gasteiger partial charge in [-0.1, -0.05) is 19.8 Å². The Morgan fingerprint density at radius 2 is 2.35 bits per heavy atom. The number of aromatic nitrogens is 2. The van der Waals surface area contributed by atoms with Gasteiger partial charge in [0.05, 0.1) is 0 Å². The van der Waals surface area contributed by atoms with Gasteiger partial charge >= 0.3 is 0 Å². The molecule has 3 N–H and O–H groups in total. The van der Waals surface area contributed by atoms with Gasteiger partial charge in [0.1, 0.15) is 5.69 Å². The van der Waals surface area contributed by atoms with E-state index in [9.17, 15) is 4.79 Å². The van der Waals surface area contributed by atoms with Gasteiger partial charge in [-0.3, -0.25) is 9.48 Å². The Morgan fingerprint density at radius 3 is 2.82 bits per heavy atom. The molecule has 1 unspecified atom stereocenters. The molecule has 17 heavy (non-hydrogen) atoms. The number of nitrogens with one attached hydrogen (secondary N) is 1. The lowest BCUT2D eigenvalue weighted by atomic mass is 10.1. The van der Waals surface area contributed by atoms with Gasteiger partial charge < -0.3 is 11.1 Å². The predicted molar refractivity (Wildman–Crippen MR) is 70.3 cm³/mol. The summed E-state index contributed by atoms with van der Waals surface area (Å²) in [6.07, 6.45) is 4.72. The molecule has 98 valence electrons. The smallest absolute Gasteiger partial charge is 0.269 e. The van der Waals surface area contributed by atoms with Gasteiger partial charge in [-0.2, -0.15) is 5.10 Å². The van der Waals surface area contributed by atoms with Crippen molar-refractivity contribution in [2.24, 2.45) is 12.8 Å². The van der Waals surface area contributed by atoms with Crippen LogP contribution in [0.5, 0.6) is 0 Å². The Bertz CT molecular complexity index is 340. The molecule has 0 aromatic carbocycles. The summed E-state index contributed by atoms with van der Waals surface area (Å²) in [5.74, 6) is -0.105. The number of aryl methyl sites for hydroxylation is 1. The molecule has 0 spiro atoms. The van der Waals surface area contributed by atoms with Gasteiger partial charge in [0.2, 0.25) is 0 Å². The zero-order chi connectivity index (χ0) is 12.0. The van der Waals surface area contributed by atoms with Crippen LogP contribution in [0.3, 0.4) is 0 Å². The molecular formula is C11H21ClN4O. The zero-order valence-corrected chi connectivity index (χ0v) is 11.2. The average molecular weight is 261 g/mol. The van der Waals surface area contributed by atoms with Crippen LogP contribution in [0.25, 0.3) is 0 Å². The molecule has 0 bridgehead atoms. The van der Waals surface area contributed by atoms with E-state index in [1.54, 1.807) is 24.0 Å². The number of carbonyl (C=O) groups excluding carboxylic acids is 1. The third-order valence-electron chi connectivity index (χ3n) is 2.58. The predicted octanol–water partition coefficient (Wildman–Crippen LogP) is 1.09. The molecule has 0 radical (unpaired) electrons. The molecule has 5 nitrogen and oxygen atoms in total. The quantitative estimate of drug-likeness (QED) is 0.804. The number of hydrogen-bond acceptors (Lipinski definition) is 3. The van der Waals surface area contributed by atoms with Crippen LogP contribution in [0.2, 0.25) is 0 Å². The summed E-state index contributed by atoms with van der Waals surface area (Å²) in [6.45, 7) is 2.60. The first-order valence-corrected chi connectivity index (χ1v) is 5.68. The topological polar surface area (TPSA) is 72.9 Å². The van der Waals surface area contributed by atoms with Crippen LogP contribution in [0.4, 0.5) is 0 Å². The standard InChI is InChI=1S/C11H20N4O.ClH/c1-3-4-5-9(8-12)14-11(16)10-6-7-13-15(10)2;/h6-7,9H,3-5,8,12H2,1-2H3,(H,14,16);1H. The number of nitrogens with two attached hydrogens (primary N) is 1. The van der Waals surface area contributed by atoms with Crippen molar-refractivity contribution in [3.63, 3.8) is 0 Å². The molecule has 0 saturated carbocycles. The number of halogens is 1. The maximum atomic E-state index is 11.8. The Morgan fingerprint density at radius 1 is 1.65 bits per heavy atom. The van der Waals surface area contributed by atoms with E-state index >= 15 is 0 Å². The maximum Gasteiger partial charge on any atom is 0.269 e. The van der Waals surface area contributed by atoms with Crippen molar-refractivity contribution in [3.8, 4) is 0 Å². The Hall–Kier alpha value is -1.07. The lowest BCUT2D eigenvalue weighted by Crippen LogP contribution is -2.40. The number of carbonyl (C=O) groups is 1. The second kappa shape index (κ2) is 8.08. The first-order valence-electron chi connectivity index (χ1n) is 5.68. The van der Waals surface area contributed by atoms with E-state index in [1.807, 2.05) is 0 Å². The second-order valence-corrected chi connectivity index (χ2v) is 3.89. The first-order chi connectivity index (χ1) is 7.69. The monoisotopic (exact) mass is 260 g/mol. The van der Waals surface area contributed by atoms with Crippen LogP contribution in [-0.2, 0) is 7.05 Å². The minimum Gasteiger partial charge on any atom is -0.347 e. The SMILES string of the molecule is CCCCC(CN)NC(=O)c1ccnn1C.Cl. The molecule has 0 aliphatic heterocycles. The highest BCUT2D eigenvalue weighted by Crippen LogP contribution is 2.02. The Labute approximate surface area is 108 Å². The van der Waals surface area contributed by atoms with Crippen LogP contribution < -0.4 is 11.1 Å². The summed E-state index contributed by atoms with van der Waals surface area (Å²) in [5.41, 5.74) is 6.18. The Balaban J connectivity index is 0.00000256. The first kappa shape index (κ1) is 15.9. The third-order valence-corrected chi connectivity index (χ3v) is 2.58. The second-order valence-electron chi connectivity index (χ2n) is 3.89. The van der Waals surface area contributed by atoms with Crippen molar-refractivity contribution in [3.05, 3.63) is 18.0 Å². The number of hydrogen-bond donors (Lipinski definition) is 2. The fourth-order valence-corrected chi connectivity index (χ4v) is 1.56. The third kappa shape index (κ3) is 4.75. The van der Waals surface area contributed by atoms with Gasteiger partial charge in [0.25, 0.3) is 5.91 Å². The van der Waals surface area contributed by atoms with Crippen molar-refractivity contribution in [2.75, 3.05) is 6.54 Å². The zero-order valence-electron chi connectivity index (χ0n) is 10.3. The van der Waals surface area contributed by atoms with Crippen LogP contribution in [-0.4, -0.2) is 28.3 Å². The molecule has 1 rings (SSSR count). The van der Waals surface area contributed by atoms with Crippen LogP contribution in [0.1, 0.15) is 36.7 Å². The Kier molecular flexibility index (Phi) is 7.58. The lowest BCUT2D eigenvalue weighted by Gasteiger charge is -2.16. The summed E-state index contributed by atoms with van der Waals surface area (Å²) < 4.78 is 1.56. The van der Waals surface area contributed by atoms with E-state index in [0.717, 1.165) is 19.3 Å². The number of nitrogens with zero attached hydrogens (tertiary/aromatic N) is 2. The van der Waals surface area contributed by atoms with E-state index in [1.165, 1.54) is 0 Å². The van der Waals surface area contributed by atoms with Crippen molar-refractivity contribution in [1.29, 1.82) is 0 Å². The minimum absolute atomic E-state index is 0. The molecule has 0 saturated heterocycles. The largest absolute Gasteiger partial charge is 0.347 e. The molecule has 0 aliphatic rings. The fourth-order valence-electron chi connectivity index (χ4n) is 1.56. The lowest BCUT2D eigenvalue weighted by molar-refractivity contribution is 0.0926. The summed E-state index contributed by atoms with van der Waals surface area (Å²) in [6, 6.07) is 1.75. The minimum atomic E-state index is -0.105.